The molecule has 1 aromatic carbocycles. The fraction of sp³-hybridized carbons (Fsp3) is 0.154. The van der Waals surface area contributed by atoms with Crippen LogP contribution in [0.1, 0.15) is 5.56 Å². The summed E-state index contributed by atoms with van der Waals surface area (Å²) in [5.74, 6) is 0. The zero-order valence-corrected chi connectivity index (χ0v) is 9.40. The quantitative estimate of drug-likeness (QED) is 0.639. The van der Waals surface area contributed by atoms with Crippen molar-refractivity contribution in [3.05, 3.63) is 42.2 Å². The van der Waals surface area contributed by atoms with Crippen molar-refractivity contribution >= 4 is 10.9 Å². The molecule has 0 aliphatic rings. The molecule has 0 saturated heterocycles. The van der Waals surface area contributed by atoms with Gasteiger partial charge in [0.05, 0.1) is 11.9 Å². The lowest BCUT2D eigenvalue weighted by atomic mass is 10.1. The van der Waals surface area contributed by atoms with Crippen molar-refractivity contribution in [1.82, 2.24) is 15.2 Å². The zero-order chi connectivity index (χ0) is 11.7. The van der Waals surface area contributed by atoms with Crippen molar-refractivity contribution < 1.29 is 0 Å². The van der Waals surface area contributed by atoms with E-state index in [0.29, 0.717) is 6.54 Å². The number of fused-ring (bicyclic) bond motifs is 1. The van der Waals surface area contributed by atoms with Crippen molar-refractivity contribution in [2.45, 2.75) is 6.42 Å². The number of hydrogen-bond donors (Lipinski definition) is 3. The number of nitrogens with one attached hydrogen (secondary N) is 2. The van der Waals surface area contributed by atoms with E-state index in [1.807, 2.05) is 24.5 Å². The predicted octanol–water partition coefficient (Wildman–Crippen LogP) is 2.06. The lowest BCUT2D eigenvalue weighted by Gasteiger charge is -2.00. The van der Waals surface area contributed by atoms with Gasteiger partial charge >= 0.3 is 0 Å². The summed E-state index contributed by atoms with van der Waals surface area (Å²) >= 11 is 0. The lowest BCUT2D eigenvalue weighted by molar-refractivity contribution is 0.972. The van der Waals surface area contributed by atoms with Crippen LogP contribution in [0.3, 0.4) is 0 Å². The fourth-order valence-electron chi connectivity index (χ4n) is 2.17. The highest BCUT2D eigenvalue weighted by atomic mass is 15.1. The summed E-state index contributed by atoms with van der Waals surface area (Å²) < 4.78 is 0. The number of para-hydroxylation sites is 1. The molecule has 0 amide bonds. The predicted molar refractivity (Wildman–Crippen MR) is 68.6 cm³/mol. The largest absolute Gasteiger partial charge is 0.360 e. The molecule has 0 saturated carbocycles. The third-order valence-electron chi connectivity index (χ3n) is 2.99. The van der Waals surface area contributed by atoms with Gasteiger partial charge in [-0.25, -0.2) is 0 Å². The summed E-state index contributed by atoms with van der Waals surface area (Å²) in [6.45, 7) is 0.634. The van der Waals surface area contributed by atoms with Gasteiger partial charge in [0.15, 0.2) is 0 Å². The number of aromatic nitrogens is 3. The highest BCUT2D eigenvalue weighted by Crippen LogP contribution is 2.29. The number of nitrogens with two attached hydrogens (primary N) is 1. The number of hydrogen-bond acceptors (Lipinski definition) is 2. The maximum Gasteiger partial charge on any atom is 0.0704 e. The highest BCUT2D eigenvalue weighted by molar-refractivity contribution is 5.95. The third kappa shape index (κ3) is 1.62. The molecule has 3 rings (SSSR count). The number of benzene rings is 1. The van der Waals surface area contributed by atoms with Gasteiger partial charge in [0, 0.05) is 22.7 Å². The first-order valence-corrected chi connectivity index (χ1v) is 5.69. The van der Waals surface area contributed by atoms with Gasteiger partial charge in [0.1, 0.15) is 0 Å². The molecule has 2 aromatic heterocycles. The van der Waals surface area contributed by atoms with Crippen molar-refractivity contribution in [1.29, 1.82) is 0 Å². The second kappa shape index (κ2) is 4.07. The molecule has 4 N–H and O–H groups in total. The van der Waals surface area contributed by atoms with E-state index in [2.05, 4.69) is 27.3 Å². The van der Waals surface area contributed by atoms with Gasteiger partial charge in [-0.3, -0.25) is 5.10 Å². The van der Waals surface area contributed by atoms with Crippen LogP contribution in [-0.2, 0) is 6.42 Å². The van der Waals surface area contributed by atoms with Gasteiger partial charge in [-0.2, -0.15) is 5.10 Å². The smallest absolute Gasteiger partial charge is 0.0704 e. The van der Waals surface area contributed by atoms with Gasteiger partial charge in [-0.05, 0) is 24.6 Å². The Morgan fingerprint density at radius 3 is 3.00 bits per heavy atom. The zero-order valence-electron chi connectivity index (χ0n) is 9.40. The van der Waals surface area contributed by atoms with Crippen molar-refractivity contribution in [2.75, 3.05) is 6.54 Å². The molecular formula is C13H14N4. The minimum absolute atomic E-state index is 0.634. The van der Waals surface area contributed by atoms with Crippen LogP contribution in [-0.4, -0.2) is 21.7 Å². The molecule has 2 heterocycles. The standard InChI is InChI=1S/C13H14N4/c14-6-5-9-7-16-17-13(9)11-8-15-12-4-2-1-3-10(11)12/h1-4,7-8,15H,5-6,14H2,(H,16,17). The average molecular weight is 226 g/mol. The normalized spacial score (nSPS) is 11.1. The fourth-order valence-corrected chi connectivity index (χ4v) is 2.17. The molecule has 0 radical (unpaired) electrons. The van der Waals surface area contributed by atoms with Crippen LogP contribution in [0.2, 0.25) is 0 Å². The Hall–Kier alpha value is -2.07. The summed E-state index contributed by atoms with van der Waals surface area (Å²) in [6.07, 6.45) is 4.70. The minimum atomic E-state index is 0.634. The first kappa shape index (κ1) is 10.1. The first-order chi connectivity index (χ1) is 8.40. The summed E-state index contributed by atoms with van der Waals surface area (Å²) in [4.78, 5) is 3.27. The molecule has 4 heteroatoms. The van der Waals surface area contributed by atoms with Crippen LogP contribution < -0.4 is 5.73 Å². The molecule has 0 aliphatic carbocycles. The summed E-state index contributed by atoms with van der Waals surface area (Å²) in [5, 5.41) is 8.37. The Bertz CT molecular complexity index is 635. The summed E-state index contributed by atoms with van der Waals surface area (Å²) in [7, 11) is 0. The molecule has 17 heavy (non-hydrogen) atoms. The average Bonchev–Trinajstić information content (AvgIpc) is 2.95. The van der Waals surface area contributed by atoms with Crippen LogP contribution in [0.4, 0.5) is 0 Å². The molecule has 0 atom stereocenters. The van der Waals surface area contributed by atoms with Crippen LogP contribution >= 0.6 is 0 Å². The van der Waals surface area contributed by atoms with Gasteiger partial charge < -0.3 is 10.7 Å². The second-order valence-corrected chi connectivity index (χ2v) is 4.06. The Morgan fingerprint density at radius 2 is 2.12 bits per heavy atom. The van der Waals surface area contributed by atoms with E-state index in [4.69, 9.17) is 5.73 Å². The lowest BCUT2D eigenvalue weighted by Crippen LogP contribution is -2.02. The maximum atomic E-state index is 5.61. The van der Waals surface area contributed by atoms with Crippen molar-refractivity contribution in [3.8, 4) is 11.3 Å². The van der Waals surface area contributed by atoms with Gasteiger partial charge in [0.25, 0.3) is 0 Å². The van der Waals surface area contributed by atoms with Gasteiger partial charge in [-0.1, -0.05) is 18.2 Å². The third-order valence-corrected chi connectivity index (χ3v) is 2.99. The Morgan fingerprint density at radius 1 is 1.24 bits per heavy atom. The SMILES string of the molecule is NCCc1cn[nH]c1-c1c[nH]c2ccccc12. The highest BCUT2D eigenvalue weighted by Gasteiger charge is 2.11. The second-order valence-electron chi connectivity index (χ2n) is 4.06. The van der Waals surface area contributed by atoms with Crippen LogP contribution in [0.25, 0.3) is 22.2 Å². The number of H-pyrrole nitrogens is 2. The van der Waals surface area contributed by atoms with E-state index in [9.17, 15) is 0 Å². The number of rotatable bonds is 3. The maximum absolute atomic E-state index is 5.61. The van der Waals surface area contributed by atoms with Crippen LogP contribution in [0.15, 0.2) is 36.7 Å². The Labute approximate surface area is 98.8 Å². The molecule has 86 valence electrons. The van der Waals surface area contributed by atoms with Crippen LogP contribution in [0.5, 0.6) is 0 Å². The molecule has 3 aromatic rings. The topological polar surface area (TPSA) is 70.5 Å². The van der Waals surface area contributed by atoms with E-state index in [0.717, 1.165) is 28.8 Å². The monoisotopic (exact) mass is 226 g/mol. The van der Waals surface area contributed by atoms with Crippen molar-refractivity contribution in [2.24, 2.45) is 5.73 Å². The summed E-state index contributed by atoms with van der Waals surface area (Å²) in [6, 6.07) is 8.24. The van der Waals surface area contributed by atoms with E-state index in [1.165, 1.54) is 5.39 Å². The van der Waals surface area contributed by atoms with Crippen LogP contribution in [0, 0.1) is 0 Å². The number of aromatic amines is 2. The molecular weight excluding hydrogens is 212 g/mol. The van der Waals surface area contributed by atoms with E-state index in [-0.39, 0.29) is 0 Å². The molecule has 0 bridgehead atoms. The molecule has 0 aliphatic heterocycles. The van der Waals surface area contributed by atoms with Crippen molar-refractivity contribution in [3.63, 3.8) is 0 Å². The first-order valence-electron chi connectivity index (χ1n) is 5.69. The summed E-state index contributed by atoms with van der Waals surface area (Å²) in [5.41, 5.74) is 10.1. The van der Waals surface area contributed by atoms with E-state index in [1.54, 1.807) is 0 Å². The minimum Gasteiger partial charge on any atom is -0.360 e. The molecule has 4 nitrogen and oxygen atoms in total. The Balaban J connectivity index is 2.17. The Kier molecular flexibility index (Phi) is 2.42. The van der Waals surface area contributed by atoms with E-state index >= 15 is 0 Å². The molecule has 0 unspecified atom stereocenters. The van der Waals surface area contributed by atoms with Gasteiger partial charge in [-0.15, -0.1) is 0 Å². The molecule has 0 spiro atoms. The molecule has 0 fully saturated rings. The van der Waals surface area contributed by atoms with Gasteiger partial charge in [0.2, 0.25) is 0 Å². The number of nitrogens with zero attached hydrogens (tertiary/aromatic N) is 1. The van der Waals surface area contributed by atoms with E-state index < -0.39 is 0 Å².